The lowest BCUT2D eigenvalue weighted by Crippen LogP contribution is -2.48. The van der Waals surface area contributed by atoms with Gasteiger partial charge < -0.3 is 5.32 Å². The highest BCUT2D eigenvalue weighted by atomic mass is 35.5. The first-order chi connectivity index (χ1) is 8.89. The van der Waals surface area contributed by atoms with Gasteiger partial charge in [0.1, 0.15) is 10.3 Å². The Hall–Kier alpha value is 0.230. The van der Waals surface area contributed by atoms with Gasteiger partial charge in [0, 0.05) is 37.8 Å². The van der Waals surface area contributed by atoms with E-state index in [9.17, 15) is 0 Å². The van der Waals surface area contributed by atoms with Gasteiger partial charge in [0.15, 0.2) is 0 Å². The van der Waals surface area contributed by atoms with Crippen LogP contribution in [0, 0.1) is 5.41 Å². The van der Waals surface area contributed by atoms with Crippen molar-refractivity contribution >= 4 is 48.0 Å². The normalized spacial score (nSPS) is 17.6. The molecule has 3 nitrogen and oxygen atoms in total. The van der Waals surface area contributed by atoms with Crippen LogP contribution in [0.4, 0.5) is 0 Å². The topological polar surface area (TPSA) is 28.2 Å². The molecule has 2 rings (SSSR count). The van der Waals surface area contributed by atoms with E-state index in [4.69, 9.17) is 23.2 Å². The van der Waals surface area contributed by atoms with Crippen LogP contribution in [-0.2, 0) is 0 Å². The molecule has 0 bridgehead atoms. The number of hydrogen-bond donors (Lipinski definition) is 1. The molecule has 0 aliphatic carbocycles. The number of nitrogens with one attached hydrogen (secondary N) is 1. The van der Waals surface area contributed by atoms with Gasteiger partial charge in [-0.1, -0.05) is 50.0 Å². The van der Waals surface area contributed by atoms with Crippen LogP contribution in [0.15, 0.2) is 12.1 Å². The van der Waals surface area contributed by atoms with E-state index in [2.05, 4.69) is 36.0 Å². The predicted molar refractivity (Wildman–Crippen MR) is 95.4 cm³/mol. The van der Waals surface area contributed by atoms with E-state index in [1.165, 1.54) is 0 Å². The van der Waals surface area contributed by atoms with Crippen molar-refractivity contribution in [3.63, 3.8) is 0 Å². The molecule has 21 heavy (non-hydrogen) atoms. The first kappa shape index (κ1) is 21.2. The third kappa shape index (κ3) is 5.42. The number of piperazine rings is 1. The summed E-state index contributed by atoms with van der Waals surface area (Å²) in [6.07, 6.45) is 0. The maximum atomic E-state index is 6.31. The van der Waals surface area contributed by atoms with Gasteiger partial charge >= 0.3 is 0 Å². The van der Waals surface area contributed by atoms with Crippen LogP contribution >= 0.6 is 48.0 Å². The average Bonchev–Trinajstić information content (AvgIpc) is 2.32. The Balaban J connectivity index is 0.00000200. The maximum absolute atomic E-state index is 6.31. The molecule has 1 fully saturated rings. The van der Waals surface area contributed by atoms with Crippen LogP contribution in [-0.4, -0.2) is 36.1 Å². The number of aromatic nitrogens is 1. The van der Waals surface area contributed by atoms with E-state index >= 15 is 0 Å². The lowest BCUT2D eigenvalue weighted by Gasteiger charge is -2.42. The molecular weight excluding hydrogens is 352 g/mol. The van der Waals surface area contributed by atoms with E-state index in [1.54, 1.807) is 0 Å². The maximum Gasteiger partial charge on any atom is 0.135 e. The van der Waals surface area contributed by atoms with Gasteiger partial charge in [-0.15, -0.1) is 24.8 Å². The Bertz CT molecular complexity index is 442. The Morgan fingerprint density at radius 3 is 2.19 bits per heavy atom. The minimum absolute atomic E-state index is 0. The number of hydrogen-bond acceptors (Lipinski definition) is 3. The van der Waals surface area contributed by atoms with Crippen LogP contribution in [0.5, 0.6) is 0 Å². The molecule has 1 saturated heterocycles. The summed E-state index contributed by atoms with van der Waals surface area (Å²) in [6, 6.07) is 4.09. The molecule has 1 aliphatic heterocycles. The van der Waals surface area contributed by atoms with Crippen molar-refractivity contribution in [1.82, 2.24) is 15.2 Å². The lowest BCUT2D eigenvalue weighted by molar-refractivity contribution is 0.0860. The molecular formula is C14H23Cl4N3. The van der Waals surface area contributed by atoms with Gasteiger partial charge in [-0.05, 0) is 11.5 Å². The molecule has 0 spiro atoms. The van der Waals surface area contributed by atoms with Crippen molar-refractivity contribution in [2.24, 2.45) is 5.41 Å². The number of halogens is 4. The quantitative estimate of drug-likeness (QED) is 0.785. The van der Waals surface area contributed by atoms with E-state index in [0.29, 0.717) is 10.3 Å². The van der Waals surface area contributed by atoms with Crippen molar-refractivity contribution in [2.45, 2.75) is 26.8 Å². The highest BCUT2D eigenvalue weighted by molar-refractivity contribution is 6.32. The van der Waals surface area contributed by atoms with E-state index in [0.717, 1.165) is 31.7 Å². The van der Waals surface area contributed by atoms with E-state index < -0.39 is 0 Å². The fraction of sp³-hybridized carbons (Fsp3) is 0.643. The summed E-state index contributed by atoms with van der Waals surface area (Å²) >= 11 is 12.2. The van der Waals surface area contributed by atoms with Crippen LogP contribution < -0.4 is 5.32 Å². The van der Waals surface area contributed by atoms with Gasteiger partial charge in [0.05, 0.1) is 0 Å². The summed E-state index contributed by atoms with van der Waals surface area (Å²) in [6.45, 7) is 10.8. The predicted octanol–water partition coefficient (Wildman–Crippen LogP) is 4.22. The molecule has 0 radical (unpaired) electrons. The molecule has 1 aromatic rings. The Labute approximate surface area is 149 Å². The smallest absolute Gasteiger partial charge is 0.135 e. The van der Waals surface area contributed by atoms with Crippen LogP contribution in [0.1, 0.15) is 32.4 Å². The molecule has 2 heterocycles. The molecule has 0 saturated carbocycles. The van der Waals surface area contributed by atoms with Crippen molar-refractivity contribution in [3.05, 3.63) is 28.0 Å². The monoisotopic (exact) mass is 373 g/mol. The molecule has 1 aromatic heterocycles. The van der Waals surface area contributed by atoms with Crippen molar-refractivity contribution < 1.29 is 0 Å². The summed E-state index contributed by atoms with van der Waals surface area (Å²) in [5.74, 6) is 0. The second-order valence-electron chi connectivity index (χ2n) is 6.07. The summed E-state index contributed by atoms with van der Waals surface area (Å²) in [4.78, 5) is 6.67. The molecule has 0 unspecified atom stereocenters. The highest BCUT2D eigenvalue weighted by Gasteiger charge is 2.34. The Morgan fingerprint density at radius 1 is 1.14 bits per heavy atom. The summed E-state index contributed by atoms with van der Waals surface area (Å²) in [7, 11) is 0. The standard InChI is InChI=1S/C14H21Cl2N3.2ClH/c1-14(2,3)12(19-8-6-17-7-9-19)10-4-5-11(15)18-13(10)16;;/h4-5,12,17H,6-9H2,1-3H3;2*1H/t12-;;/m0../s1. The zero-order valence-corrected chi connectivity index (χ0v) is 15.7. The van der Waals surface area contributed by atoms with E-state index in [-0.39, 0.29) is 36.3 Å². The first-order valence-corrected chi connectivity index (χ1v) is 7.42. The van der Waals surface area contributed by atoms with Gasteiger partial charge in [-0.3, -0.25) is 4.90 Å². The molecule has 0 amide bonds. The second-order valence-corrected chi connectivity index (χ2v) is 6.81. The number of nitrogens with zero attached hydrogens (tertiary/aromatic N) is 2. The van der Waals surface area contributed by atoms with Gasteiger partial charge in [-0.2, -0.15) is 0 Å². The second kappa shape index (κ2) is 8.76. The molecule has 1 aliphatic rings. The Morgan fingerprint density at radius 2 is 1.71 bits per heavy atom. The zero-order valence-electron chi connectivity index (χ0n) is 12.5. The minimum Gasteiger partial charge on any atom is -0.314 e. The third-order valence-corrected chi connectivity index (χ3v) is 3.99. The van der Waals surface area contributed by atoms with Crippen molar-refractivity contribution in [2.75, 3.05) is 26.2 Å². The zero-order chi connectivity index (χ0) is 14.0. The molecule has 1 N–H and O–H groups in total. The van der Waals surface area contributed by atoms with E-state index in [1.807, 2.05) is 12.1 Å². The minimum atomic E-state index is 0. The van der Waals surface area contributed by atoms with Crippen molar-refractivity contribution in [3.8, 4) is 0 Å². The number of rotatable bonds is 2. The Kier molecular flexibility index (Phi) is 8.85. The van der Waals surface area contributed by atoms with Crippen LogP contribution in [0.25, 0.3) is 0 Å². The fourth-order valence-corrected chi connectivity index (χ4v) is 3.23. The van der Waals surface area contributed by atoms with Gasteiger partial charge in [-0.25, -0.2) is 4.98 Å². The summed E-state index contributed by atoms with van der Waals surface area (Å²) < 4.78 is 0. The molecule has 122 valence electrons. The van der Waals surface area contributed by atoms with Gasteiger partial charge in [0.2, 0.25) is 0 Å². The first-order valence-electron chi connectivity index (χ1n) is 6.66. The lowest BCUT2D eigenvalue weighted by atomic mass is 9.81. The molecule has 7 heteroatoms. The average molecular weight is 375 g/mol. The highest BCUT2D eigenvalue weighted by Crippen LogP contribution is 2.40. The van der Waals surface area contributed by atoms with Crippen molar-refractivity contribution in [1.29, 1.82) is 0 Å². The molecule has 1 atom stereocenters. The third-order valence-electron chi connectivity index (χ3n) is 3.48. The number of pyridine rings is 1. The van der Waals surface area contributed by atoms with Gasteiger partial charge in [0.25, 0.3) is 0 Å². The van der Waals surface area contributed by atoms with Crippen LogP contribution in [0.2, 0.25) is 10.3 Å². The SMILES string of the molecule is CC(C)(C)[C@H](c1ccc(Cl)nc1Cl)N1CCNCC1.Cl.Cl. The molecule has 0 aromatic carbocycles. The fourth-order valence-electron chi connectivity index (χ4n) is 2.78. The summed E-state index contributed by atoms with van der Waals surface area (Å²) in [5, 5.41) is 4.35. The summed E-state index contributed by atoms with van der Waals surface area (Å²) in [5.41, 5.74) is 1.16. The van der Waals surface area contributed by atoms with Crippen LogP contribution in [0.3, 0.4) is 0 Å². The largest absolute Gasteiger partial charge is 0.314 e.